The van der Waals surface area contributed by atoms with Crippen molar-refractivity contribution in [1.82, 2.24) is 14.8 Å². The van der Waals surface area contributed by atoms with Crippen LogP contribution in [-0.2, 0) is 0 Å². The molecule has 1 aliphatic heterocycles. The molecular formula is C13H20N4. The highest BCUT2D eigenvalue weighted by Gasteiger charge is 2.25. The summed E-state index contributed by atoms with van der Waals surface area (Å²) in [5.41, 5.74) is 7.68. The number of aromatic nitrogens is 1. The molecule has 1 fully saturated rings. The molecule has 92 valence electrons. The molecule has 0 aliphatic carbocycles. The Kier molecular flexibility index (Phi) is 3.33. The van der Waals surface area contributed by atoms with Gasteiger partial charge in [0.1, 0.15) is 5.82 Å². The summed E-state index contributed by atoms with van der Waals surface area (Å²) in [5, 5.41) is 0. The second-order valence-electron chi connectivity index (χ2n) is 4.77. The molecule has 0 radical (unpaired) electrons. The number of nitrogen functional groups attached to an aromatic ring is 1. The summed E-state index contributed by atoms with van der Waals surface area (Å²) in [6.45, 7) is 6.26. The van der Waals surface area contributed by atoms with E-state index in [9.17, 15) is 0 Å². The molecule has 0 aromatic carbocycles. The Morgan fingerprint density at radius 3 is 2.82 bits per heavy atom. The maximum atomic E-state index is 5.58. The van der Waals surface area contributed by atoms with Crippen molar-refractivity contribution in [2.24, 2.45) is 0 Å². The molecule has 17 heavy (non-hydrogen) atoms. The lowest BCUT2D eigenvalue weighted by atomic mass is 10.2. The van der Waals surface area contributed by atoms with E-state index in [4.69, 9.17) is 5.73 Å². The quantitative estimate of drug-likeness (QED) is 0.852. The van der Waals surface area contributed by atoms with Gasteiger partial charge in [-0.15, -0.1) is 0 Å². The number of hydrogen-bond donors (Lipinski definition) is 1. The van der Waals surface area contributed by atoms with Crippen molar-refractivity contribution in [2.75, 3.05) is 32.9 Å². The fraction of sp³-hybridized carbons (Fsp3) is 0.462. The molecule has 0 saturated carbocycles. The molecule has 0 bridgehead atoms. The first-order chi connectivity index (χ1) is 8.08. The number of nitrogens with two attached hydrogens (primary N) is 1. The lowest BCUT2D eigenvalue weighted by Crippen LogP contribution is -2.30. The summed E-state index contributed by atoms with van der Waals surface area (Å²) in [6, 6.07) is 4.42. The van der Waals surface area contributed by atoms with E-state index in [1.54, 1.807) is 6.20 Å². The molecule has 2 heterocycles. The van der Waals surface area contributed by atoms with E-state index < -0.39 is 0 Å². The Balaban J connectivity index is 2.04. The third-order valence-electron chi connectivity index (χ3n) is 3.39. The van der Waals surface area contributed by atoms with Crippen LogP contribution in [0.15, 0.2) is 24.9 Å². The summed E-state index contributed by atoms with van der Waals surface area (Å²) in [6.07, 6.45) is 2.98. The number of likely N-dealkylation sites (tertiary alicyclic amines) is 1. The highest BCUT2D eigenvalue weighted by atomic mass is 15.2. The zero-order chi connectivity index (χ0) is 12.4. The molecule has 0 spiro atoms. The predicted octanol–water partition coefficient (Wildman–Crippen LogP) is 1.27. The summed E-state index contributed by atoms with van der Waals surface area (Å²) in [5.74, 6) is 0.550. The second-order valence-corrected chi connectivity index (χ2v) is 4.77. The van der Waals surface area contributed by atoms with Crippen molar-refractivity contribution < 1.29 is 0 Å². The molecule has 0 unspecified atom stereocenters. The van der Waals surface area contributed by atoms with E-state index in [1.165, 1.54) is 6.42 Å². The van der Waals surface area contributed by atoms with Crippen LogP contribution in [0.2, 0.25) is 0 Å². The fourth-order valence-corrected chi connectivity index (χ4v) is 2.17. The molecule has 4 nitrogen and oxygen atoms in total. The Bertz CT molecular complexity index is 396. The van der Waals surface area contributed by atoms with Gasteiger partial charge in [0.05, 0.1) is 0 Å². The van der Waals surface area contributed by atoms with Gasteiger partial charge in [-0.1, -0.05) is 6.58 Å². The van der Waals surface area contributed by atoms with E-state index in [0.717, 1.165) is 24.4 Å². The standard InChI is InChI=1S/C13H20N4/c1-10(11-4-5-13(14)15-8-11)17-7-6-12(9-17)16(2)3/h4-5,8,12H,1,6-7,9H2,2-3H3,(H2,14,15)/t12-/m0/s1. The number of pyridine rings is 1. The molecule has 2 rings (SSSR count). The first-order valence-corrected chi connectivity index (χ1v) is 5.90. The molecular weight excluding hydrogens is 212 g/mol. The molecule has 1 aliphatic rings. The number of hydrogen-bond acceptors (Lipinski definition) is 4. The Labute approximate surface area is 103 Å². The second kappa shape index (κ2) is 4.75. The van der Waals surface area contributed by atoms with Gasteiger partial charge in [0, 0.05) is 36.6 Å². The Morgan fingerprint density at radius 1 is 1.53 bits per heavy atom. The van der Waals surface area contributed by atoms with E-state index in [0.29, 0.717) is 11.9 Å². The summed E-state index contributed by atoms with van der Waals surface area (Å²) in [4.78, 5) is 8.70. The number of anilines is 1. The Hall–Kier alpha value is -1.55. The highest BCUT2D eigenvalue weighted by molar-refractivity contribution is 5.62. The maximum absolute atomic E-state index is 5.58. The van der Waals surface area contributed by atoms with Crippen LogP contribution in [0, 0.1) is 0 Å². The van der Waals surface area contributed by atoms with Gasteiger partial charge in [-0.25, -0.2) is 4.98 Å². The zero-order valence-electron chi connectivity index (χ0n) is 10.6. The van der Waals surface area contributed by atoms with Crippen LogP contribution in [0.3, 0.4) is 0 Å². The first-order valence-electron chi connectivity index (χ1n) is 5.90. The van der Waals surface area contributed by atoms with Crippen molar-refractivity contribution in [1.29, 1.82) is 0 Å². The topological polar surface area (TPSA) is 45.4 Å². The van der Waals surface area contributed by atoms with E-state index in [-0.39, 0.29) is 0 Å². The largest absolute Gasteiger partial charge is 0.384 e. The minimum absolute atomic E-state index is 0.550. The zero-order valence-corrected chi connectivity index (χ0v) is 10.6. The molecule has 0 amide bonds. The van der Waals surface area contributed by atoms with Gasteiger partial charge < -0.3 is 15.5 Å². The normalized spacial score (nSPS) is 19.9. The van der Waals surface area contributed by atoms with Crippen molar-refractivity contribution in [3.05, 3.63) is 30.5 Å². The number of rotatable bonds is 3. The molecule has 4 heteroatoms. The van der Waals surface area contributed by atoms with Crippen molar-refractivity contribution >= 4 is 11.5 Å². The van der Waals surface area contributed by atoms with Gasteiger partial charge in [-0.2, -0.15) is 0 Å². The first kappa shape index (κ1) is 11.9. The minimum Gasteiger partial charge on any atom is -0.384 e. The third-order valence-corrected chi connectivity index (χ3v) is 3.39. The van der Waals surface area contributed by atoms with Gasteiger partial charge in [-0.3, -0.25) is 0 Å². The smallest absolute Gasteiger partial charge is 0.123 e. The summed E-state index contributed by atoms with van der Waals surface area (Å²) < 4.78 is 0. The highest BCUT2D eigenvalue weighted by Crippen LogP contribution is 2.23. The molecule has 1 atom stereocenters. The van der Waals surface area contributed by atoms with Gasteiger partial charge in [0.15, 0.2) is 0 Å². The molecule has 1 aromatic rings. The van der Waals surface area contributed by atoms with Gasteiger partial charge >= 0.3 is 0 Å². The van der Waals surface area contributed by atoms with Crippen LogP contribution in [-0.4, -0.2) is 48.0 Å². The fourth-order valence-electron chi connectivity index (χ4n) is 2.17. The SMILES string of the molecule is C=C(c1ccc(N)nc1)N1CC[C@H](N(C)C)C1. The molecule has 1 aromatic heterocycles. The van der Waals surface area contributed by atoms with Crippen molar-refractivity contribution in [3.63, 3.8) is 0 Å². The number of nitrogens with zero attached hydrogens (tertiary/aromatic N) is 3. The van der Waals surface area contributed by atoms with Crippen LogP contribution in [0.4, 0.5) is 5.82 Å². The van der Waals surface area contributed by atoms with Crippen LogP contribution in [0.5, 0.6) is 0 Å². The maximum Gasteiger partial charge on any atom is 0.123 e. The monoisotopic (exact) mass is 232 g/mol. The van der Waals surface area contributed by atoms with Crippen LogP contribution in [0.1, 0.15) is 12.0 Å². The van der Waals surface area contributed by atoms with Crippen molar-refractivity contribution in [3.8, 4) is 0 Å². The summed E-state index contributed by atoms with van der Waals surface area (Å²) >= 11 is 0. The van der Waals surface area contributed by atoms with Gasteiger partial charge in [0.25, 0.3) is 0 Å². The molecule has 2 N–H and O–H groups in total. The lowest BCUT2D eigenvalue weighted by molar-refractivity contribution is 0.299. The predicted molar refractivity (Wildman–Crippen MR) is 71.3 cm³/mol. The van der Waals surface area contributed by atoms with Crippen molar-refractivity contribution in [2.45, 2.75) is 12.5 Å². The van der Waals surface area contributed by atoms with Crippen LogP contribution >= 0.6 is 0 Å². The van der Waals surface area contributed by atoms with E-state index in [1.807, 2.05) is 12.1 Å². The number of likely N-dealkylation sites (N-methyl/N-ethyl adjacent to an activating group) is 1. The average molecular weight is 232 g/mol. The average Bonchev–Trinajstić information content (AvgIpc) is 2.78. The van der Waals surface area contributed by atoms with Crippen LogP contribution < -0.4 is 5.73 Å². The van der Waals surface area contributed by atoms with E-state index in [2.05, 4.69) is 35.5 Å². The van der Waals surface area contributed by atoms with Crippen LogP contribution in [0.25, 0.3) is 5.70 Å². The lowest BCUT2D eigenvalue weighted by Gasteiger charge is -2.23. The molecule has 1 saturated heterocycles. The van der Waals surface area contributed by atoms with E-state index >= 15 is 0 Å². The van der Waals surface area contributed by atoms with Gasteiger partial charge in [0.2, 0.25) is 0 Å². The Morgan fingerprint density at radius 2 is 2.29 bits per heavy atom. The third kappa shape index (κ3) is 2.58. The minimum atomic E-state index is 0.550. The van der Waals surface area contributed by atoms with Gasteiger partial charge in [-0.05, 0) is 32.6 Å². The summed E-state index contributed by atoms with van der Waals surface area (Å²) in [7, 11) is 4.25.